The number of rotatable bonds is 0. The summed E-state index contributed by atoms with van der Waals surface area (Å²) in [6, 6.07) is 0. The first-order chi connectivity index (χ1) is 1.00. The zero-order valence-electron chi connectivity index (χ0n) is 2.73. The van der Waals surface area contributed by atoms with E-state index in [9.17, 15) is 0 Å². The molecule has 0 aliphatic rings. The minimum Gasteiger partial charge on any atom is -0.0765 e. The van der Waals surface area contributed by atoms with Crippen LogP contribution in [0.4, 0.5) is 0 Å². The van der Waals surface area contributed by atoms with Gasteiger partial charge in [-0.2, -0.15) is 0 Å². The summed E-state index contributed by atoms with van der Waals surface area (Å²) in [7, 11) is 2.42. The van der Waals surface area contributed by atoms with Gasteiger partial charge < -0.3 is 0 Å². The minimum atomic E-state index is 0. The molecule has 0 aromatic heterocycles. The molecule has 0 unspecified atom stereocenters. The molecule has 0 atom stereocenters. The second-order valence-electron chi connectivity index (χ2n) is 0. The molecule has 0 fully saturated rings. The first-order valence-corrected chi connectivity index (χ1v) is 1.73. The molecule has 0 aromatic rings. The second-order valence-corrected chi connectivity index (χ2v) is 0. The normalized spacial score (nSPS) is 1.50. The van der Waals surface area contributed by atoms with Crippen molar-refractivity contribution in [2.75, 3.05) is 0 Å². The van der Waals surface area contributed by atoms with Gasteiger partial charge in [0.15, 0.2) is 0 Å². The fourth-order valence-electron chi connectivity index (χ4n) is 0. The van der Waals surface area contributed by atoms with Crippen LogP contribution in [-0.2, 0) is 65.4 Å². The second kappa shape index (κ2) is 18.1. The molecule has 0 saturated carbocycles. The molecule has 0 heterocycles. The molecule has 0 N–H and O–H groups in total. The van der Waals surface area contributed by atoms with Gasteiger partial charge in [0.25, 0.3) is 0 Å². The average molecular weight is 222 g/mol. The van der Waals surface area contributed by atoms with Crippen LogP contribution in [0.5, 0.6) is 0 Å². The Morgan fingerprint density at radius 2 is 1.00 bits per heavy atom. The van der Waals surface area contributed by atoms with Crippen molar-refractivity contribution in [2.24, 2.45) is 0 Å². The van der Waals surface area contributed by atoms with Crippen LogP contribution < -0.4 is 0 Å². The van der Waals surface area contributed by atoms with Crippen LogP contribution in [0.2, 0.25) is 6.55 Å². The average Bonchev–Trinajstić information content (AvgIpc) is 1.00. The van der Waals surface area contributed by atoms with Gasteiger partial charge in [0.05, 0.1) is 0 Å². The number of hydrogen-bond acceptors (Lipinski definition) is 0. The maximum absolute atomic E-state index is 2.42. The smallest absolute Gasteiger partial charge is 0.0108 e. The summed E-state index contributed by atoms with van der Waals surface area (Å²) in [5, 5.41) is 0. The summed E-state index contributed by atoms with van der Waals surface area (Å²) >= 11 is 0. The molecule has 0 aromatic carbocycles. The number of hydrogen-bond donors (Lipinski definition) is 0. The van der Waals surface area contributed by atoms with Gasteiger partial charge in [0.1, 0.15) is 0 Å². The molecule has 3 heteroatoms. The van der Waals surface area contributed by atoms with Gasteiger partial charge in [-0.3, -0.25) is 0 Å². The maximum Gasteiger partial charge on any atom is 0.0108 e. The van der Waals surface area contributed by atoms with Crippen molar-refractivity contribution in [3.8, 4) is 0 Å². The summed E-state index contributed by atoms with van der Waals surface area (Å²) in [5.74, 6) is 0. The van der Waals surface area contributed by atoms with Crippen molar-refractivity contribution >= 4 is 10.2 Å². The Morgan fingerprint density at radius 1 is 1.00 bits per heavy atom. The molecule has 18 valence electrons. The van der Waals surface area contributed by atoms with Crippen LogP contribution in [-0.4, -0.2) is 10.2 Å². The Bertz CT molecular complexity index is 6.00. The summed E-state index contributed by atoms with van der Waals surface area (Å²) in [6.07, 6.45) is 0. The van der Waals surface area contributed by atoms with Gasteiger partial charge in [0, 0.05) is 75.7 Å². The quantitative estimate of drug-likeness (QED) is 0.503. The zero-order valence-corrected chi connectivity index (χ0v) is 9.56. The van der Waals surface area contributed by atoms with E-state index >= 15 is 0 Å². The van der Waals surface area contributed by atoms with Crippen LogP contribution in [0, 0.1) is 0 Å². The minimum absolute atomic E-state index is 0. The van der Waals surface area contributed by atoms with Gasteiger partial charge in [-0.25, -0.2) is 0 Å². The van der Waals surface area contributed by atoms with E-state index in [2.05, 4.69) is 10.2 Å². The van der Waals surface area contributed by atoms with Crippen molar-refractivity contribution in [3.63, 3.8) is 0 Å². The monoisotopic (exact) mass is 222 g/mol. The Morgan fingerprint density at radius 3 is 1.00 bits per heavy atom. The Kier molecular flexibility index (Phi) is 72.8. The molecule has 0 spiro atoms. The Hall–Kier alpha value is 2.42. The molecule has 0 amide bonds. The molecular formula is CH4SiY2. The zero-order chi connectivity index (χ0) is 2.00. The Labute approximate surface area is 80.7 Å². The fourth-order valence-corrected chi connectivity index (χ4v) is 0. The van der Waals surface area contributed by atoms with Gasteiger partial charge in [-0.15, -0.1) is 0 Å². The third-order valence-corrected chi connectivity index (χ3v) is 0. The van der Waals surface area contributed by atoms with E-state index in [0.717, 1.165) is 0 Å². The van der Waals surface area contributed by atoms with E-state index in [0.29, 0.717) is 0 Å². The molecule has 0 bridgehead atoms. The fraction of sp³-hybridized carbons (Fsp3) is 1.00. The van der Waals surface area contributed by atoms with E-state index in [4.69, 9.17) is 0 Å². The third kappa shape index (κ3) is 8.83. The summed E-state index contributed by atoms with van der Waals surface area (Å²) < 4.78 is 0. The maximum atomic E-state index is 2.42. The van der Waals surface area contributed by atoms with Crippen LogP contribution in [0.25, 0.3) is 0 Å². The van der Waals surface area contributed by atoms with E-state index < -0.39 is 0 Å². The van der Waals surface area contributed by atoms with E-state index in [1.54, 1.807) is 0 Å². The van der Waals surface area contributed by atoms with E-state index in [1.165, 1.54) is 0 Å². The molecular weight excluding hydrogens is 218 g/mol. The SMILES string of the molecule is C[SiH].[Y].[Y]. The first kappa shape index (κ1) is 16.1. The van der Waals surface area contributed by atoms with E-state index in [-0.39, 0.29) is 65.4 Å². The van der Waals surface area contributed by atoms with Crippen LogP contribution >= 0.6 is 0 Å². The van der Waals surface area contributed by atoms with Gasteiger partial charge in [-0.1, -0.05) is 6.55 Å². The van der Waals surface area contributed by atoms with Gasteiger partial charge >= 0.3 is 0 Å². The van der Waals surface area contributed by atoms with Crippen molar-refractivity contribution < 1.29 is 65.4 Å². The van der Waals surface area contributed by atoms with Crippen molar-refractivity contribution in [2.45, 2.75) is 6.55 Å². The Balaban J connectivity index is -0.00000000500. The van der Waals surface area contributed by atoms with Gasteiger partial charge in [0.2, 0.25) is 0 Å². The molecule has 0 nitrogen and oxygen atoms in total. The first-order valence-electron chi connectivity index (χ1n) is 0.577. The largest absolute Gasteiger partial charge is 0.0765 e. The van der Waals surface area contributed by atoms with Crippen molar-refractivity contribution in [3.05, 3.63) is 0 Å². The van der Waals surface area contributed by atoms with Crippen LogP contribution in [0.15, 0.2) is 0 Å². The standard InChI is InChI=1S/CH4Si.2Y/c1-2;;/h2H,1H3;;. The predicted molar refractivity (Wildman–Crippen MR) is 13.0 cm³/mol. The molecule has 0 aliphatic heterocycles. The molecule has 0 rings (SSSR count). The molecule has 0 aliphatic carbocycles. The van der Waals surface area contributed by atoms with Crippen molar-refractivity contribution in [1.82, 2.24) is 0 Å². The van der Waals surface area contributed by atoms with Crippen molar-refractivity contribution in [1.29, 1.82) is 0 Å². The molecule has 4 heavy (non-hydrogen) atoms. The summed E-state index contributed by atoms with van der Waals surface area (Å²) in [4.78, 5) is 0. The van der Waals surface area contributed by atoms with Gasteiger partial charge in [-0.05, 0) is 0 Å². The summed E-state index contributed by atoms with van der Waals surface area (Å²) in [6.45, 7) is 1.92. The third-order valence-electron chi connectivity index (χ3n) is 0. The van der Waals surface area contributed by atoms with E-state index in [1.807, 2.05) is 6.55 Å². The molecule has 4 radical (unpaired) electrons. The topological polar surface area (TPSA) is 0 Å². The van der Waals surface area contributed by atoms with Crippen LogP contribution in [0.1, 0.15) is 0 Å². The van der Waals surface area contributed by atoms with Crippen LogP contribution in [0.3, 0.4) is 0 Å². The summed E-state index contributed by atoms with van der Waals surface area (Å²) in [5.41, 5.74) is 0. The predicted octanol–water partition coefficient (Wildman–Crippen LogP) is -0.0697. The molecule has 0 saturated heterocycles.